The van der Waals surface area contributed by atoms with Crippen LogP contribution < -0.4 is 4.74 Å². The quantitative estimate of drug-likeness (QED) is 0.167. The maximum Gasteiger partial charge on any atom is 0.387 e. The molecular weight excluding hydrogens is 495 g/mol. The minimum atomic E-state index is -3.32. The van der Waals surface area contributed by atoms with Crippen molar-refractivity contribution in [2.24, 2.45) is 11.8 Å². The Hall–Kier alpha value is -2.63. The highest BCUT2D eigenvalue weighted by atomic mass is 19.3. The van der Waals surface area contributed by atoms with E-state index in [-0.39, 0.29) is 24.2 Å². The molecule has 0 heterocycles. The van der Waals surface area contributed by atoms with Crippen LogP contribution in [0.1, 0.15) is 81.4 Å². The number of ether oxygens (including phenoxy) is 1. The van der Waals surface area contributed by atoms with Crippen LogP contribution in [-0.4, -0.2) is 6.61 Å². The van der Waals surface area contributed by atoms with Crippen molar-refractivity contribution in [3.63, 3.8) is 0 Å². The van der Waals surface area contributed by atoms with Gasteiger partial charge >= 0.3 is 6.61 Å². The second-order valence-corrected chi connectivity index (χ2v) is 10.8. The van der Waals surface area contributed by atoms with Crippen molar-refractivity contribution in [2.45, 2.75) is 90.6 Å². The van der Waals surface area contributed by atoms with E-state index >= 15 is 4.39 Å². The summed E-state index contributed by atoms with van der Waals surface area (Å²) in [5.41, 5.74) is 1.90. The lowest BCUT2D eigenvalue weighted by atomic mass is 9.77. The average molecular weight is 533 g/mol. The normalized spacial score (nSPS) is 17.9. The summed E-state index contributed by atoms with van der Waals surface area (Å²) in [6, 6.07) is 11.4. The van der Waals surface area contributed by atoms with E-state index in [1.807, 2.05) is 18.2 Å². The third kappa shape index (κ3) is 7.48. The average Bonchev–Trinajstić information content (AvgIpc) is 2.90. The van der Waals surface area contributed by atoms with Gasteiger partial charge in [0.25, 0.3) is 0 Å². The molecule has 1 nitrogen and oxygen atoms in total. The Morgan fingerprint density at radius 1 is 0.763 bits per heavy atom. The molecular formula is C32H37F5O. The van der Waals surface area contributed by atoms with Gasteiger partial charge in [-0.2, -0.15) is 8.78 Å². The number of alkyl halides is 2. The fourth-order valence-corrected chi connectivity index (χ4v) is 5.84. The Morgan fingerprint density at radius 3 is 2.11 bits per heavy atom. The van der Waals surface area contributed by atoms with Crippen LogP contribution in [0.2, 0.25) is 0 Å². The number of rotatable bonds is 12. The molecule has 0 aliphatic heterocycles. The Labute approximate surface area is 222 Å². The molecule has 0 saturated heterocycles. The zero-order chi connectivity index (χ0) is 27.1. The summed E-state index contributed by atoms with van der Waals surface area (Å²) in [6.07, 6.45) is 13.3. The minimum absolute atomic E-state index is 0.157. The molecule has 4 rings (SSSR count). The molecule has 0 spiro atoms. The smallest absolute Gasteiger partial charge is 0.387 e. The molecule has 1 aliphatic carbocycles. The first kappa shape index (κ1) is 28.4. The summed E-state index contributed by atoms with van der Waals surface area (Å²) in [7, 11) is 0. The van der Waals surface area contributed by atoms with E-state index in [0.29, 0.717) is 10.9 Å². The van der Waals surface area contributed by atoms with Crippen molar-refractivity contribution in [1.82, 2.24) is 0 Å². The van der Waals surface area contributed by atoms with Gasteiger partial charge in [0.05, 0.1) is 0 Å². The third-order valence-electron chi connectivity index (χ3n) is 8.07. The molecule has 1 saturated carbocycles. The molecule has 1 fully saturated rings. The lowest BCUT2D eigenvalue weighted by Gasteiger charge is -2.28. The fourth-order valence-electron chi connectivity index (χ4n) is 5.84. The van der Waals surface area contributed by atoms with Crippen molar-refractivity contribution in [2.75, 3.05) is 0 Å². The fraction of sp³-hybridized carbons (Fsp3) is 0.500. The monoisotopic (exact) mass is 532 g/mol. The predicted octanol–water partition coefficient (Wildman–Crippen LogP) is 9.96. The molecule has 0 amide bonds. The second-order valence-electron chi connectivity index (χ2n) is 10.8. The van der Waals surface area contributed by atoms with Gasteiger partial charge in [0.2, 0.25) is 0 Å². The summed E-state index contributed by atoms with van der Waals surface area (Å²) in [5.74, 6) is -2.16. The zero-order valence-corrected chi connectivity index (χ0v) is 22.1. The molecule has 0 aromatic heterocycles. The molecule has 0 unspecified atom stereocenters. The minimum Gasteiger partial charge on any atom is -0.429 e. The molecule has 3 aromatic carbocycles. The number of unbranched alkanes of at least 4 members (excludes halogenated alkanes) is 2. The van der Waals surface area contributed by atoms with E-state index in [1.54, 1.807) is 6.07 Å². The maximum atomic E-state index is 15.2. The SMILES string of the molecule is CCCCCC1CCC(CCc2ccc3c(F)c(CCc4cc(F)c(OC(F)F)c(F)c4)ccc3c2)CC1. The van der Waals surface area contributed by atoms with Crippen molar-refractivity contribution in [1.29, 1.82) is 0 Å². The topological polar surface area (TPSA) is 9.23 Å². The number of fused-ring (bicyclic) bond motifs is 1. The number of hydrogen-bond acceptors (Lipinski definition) is 1. The van der Waals surface area contributed by atoms with Crippen LogP contribution in [0.25, 0.3) is 10.8 Å². The van der Waals surface area contributed by atoms with Crippen LogP contribution in [0.4, 0.5) is 22.0 Å². The van der Waals surface area contributed by atoms with E-state index in [2.05, 4.69) is 17.7 Å². The van der Waals surface area contributed by atoms with Crippen LogP contribution in [0.5, 0.6) is 5.75 Å². The lowest BCUT2D eigenvalue weighted by Crippen LogP contribution is -2.15. The lowest BCUT2D eigenvalue weighted by molar-refractivity contribution is -0.0546. The van der Waals surface area contributed by atoms with Crippen LogP contribution in [0.15, 0.2) is 42.5 Å². The van der Waals surface area contributed by atoms with E-state index in [4.69, 9.17) is 0 Å². The van der Waals surface area contributed by atoms with Crippen LogP contribution in [0.3, 0.4) is 0 Å². The molecule has 38 heavy (non-hydrogen) atoms. The maximum absolute atomic E-state index is 15.2. The summed E-state index contributed by atoms with van der Waals surface area (Å²) in [6.45, 7) is -1.07. The van der Waals surface area contributed by atoms with E-state index in [1.165, 1.54) is 63.4 Å². The van der Waals surface area contributed by atoms with Gasteiger partial charge in [-0.3, -0.25) is 0 Å². The molecule has 0 N–H and O–H groups in total. The summed E-state index contributed by atoms with van der Waals surface area (Å²) in [5, 5.41) is 1.37. The standard InChI is InChI=1S/C32H37F5O/c1-2-3-4-5-21-6-8-22(9-7-21)10-11-23-13-17-27-26(18-23)16-15-25(30(27)35)14-12-24-19-28(33)31(29(34)20-24)38-32(36)37/h13,15-22,32H,2-12,14H2,1H3. The zero-order valence-electron chi connectivity index (χ0n) is 22.1. The van der Waals surface area contributed by atoms with E-state index in [9.17, 15) is 17.6 Å². The van der Waals surface area contributed by atoms with Crippen molar-refractivity contribution < 1.29 is 26.7 Å². The van der Waals surface area contributed by atoms with E-state index in [0.717, 1.165) is 35.8 Å². The molecule has 3 aromatic rings. The van der Waals surface area contributed by atoms with Gasteiger partial charge in [0.1, 0.15) is 5.82 Å². The Morgan fingerprint density at radius 2 is 1.45 bits per heavy atom. The van der Waals surface area contributed by atoms with Crippen molar-refractivity contribution >= 4 is 10.8 Å². The Kier molecular flexibility index (Phi) is 10.0. The highest BCUT2D eigenvalue weighted by Crippen LogP contribution is 2.35. The van der Waals surface area contributed by atoms with Crippen LogP contribution >= 0.6 is 0 Å². The van der Waals surface area contributed by atoms with Gasteiger partial charge < -0.3 is 4.74 Å². The Bertz CT molecular complexity index is 1180. The van der Waals surface area contributed by atoms with Gasteiger partial charge in [0.15, 0.2) is 17.4 Å². The highest BCUT2D eigenvalue weighted by molar-refractivity contribution is 5.84. The molecule has 206 valence electrons. The van der Waals surface area contributed by atoms with Crippen LogP contribution in [0, 0.1) is 29.3 Å². The number of halogens is 5. The van der Waals surface area contributed by atoms with Gasteiger partial charge in [0, 0.05) is 5.39 Å². The van der Waals surface area contributed by atoms with Crippen molar-refractivity contribution in [3.05, 3.63) is 76.6 Å². The van der Waals surface area contributed by atoms with Gasteiger partial charge in [-0.1, -0.05) is 88.6 Å². The molecule has 0 bridgehead atoms. The Balaban J connectivity index is 1.33. The number of benzene rings is 3. The van der Waals surface area contributed by atoms with Gasteiger partial charge in [-0.15, -0.1) is 0 Å². The van der Waals surface area contributed by atoms with Gasteiger partial charge in [-0.25, -0.2) is 13.2 Å². The first-order valence-electron chi connectivity index (χ1n) is 14.0. The summed E-state index contributed by atoms with van der Waals surface area (Å²) >= 11 is 0. The third-order valence-corrected chi connectivity index (χ3v) is 8.07. The van der Waals surface area contributed by atoms with Crippen LogP contribution in [-0.2, 0) is 19.3 Å². The molecule has 0 atom stereocenters. The largest absolute Gasteiger partial charge is 0.429 e. The van der Waals surface area contributed by atoms with Crippen molar-refractivity contribution in [3.8, 4) is 5.75 Å². The number of aryl methyl sites for hydroxylation is 3. The van der Waals surface area contributed by atoms with E-state index < -0.39 is 24.0 Å². The summed E-state index contributed by atoms with van der Waals surface area (Å²) in [4.78, 5) is 0. The number of hydrogen-bond donors (Lipinski definition) is 0. The predicted molar refractivity (Wildman–Crippen MR) is 142 cm³/mol. The molecule has 6 heteroatoms. The second kappa shape index (κ2) is 13.4. The highest BCUT2D eigenvalue weighted by Gasteiger charge is 2.21. The summed E-state index contributed by atoms with van der Waals surface area (Å²) < 4.78 is 71.8. The van der Waals surface area contributed by atoms with Gasteiger partial charge in [-0.05, 0) is 71.7 Å². The molecule has 0 radical (unpaired) electrons. The first-order valence-corrected chi connectivity index (χ1v) is 14.0. The first-order chi connectivity index (χ1) is 18.3. The molecule has 1 aliphatic rings.